The Morgan fingerprint density at radius 2 is 1.80 bits per heavy atom. The van der Waals surface area contributed by atoms with Gasteiger partial charge in [0.1, 0.15) is 5.01 Å². The summed E-state index contributed by atoms with van der Waals surface area (Å²) in [4.78, 5) is 31.0. The van der Waals surface area contributed by atoms with E-state index in [2.05, 4.69) is 23.8 Å². The Bertz CT molecular complexity index is 1420. The third-order valence-corrected chi connectivity index (χ3v) is 7.28. The molecule has 0 radical (unpaired) electrons. The van der Waals surface area contributed by atoms with Gasteiger partial charge in [0.05, 0.1) is 28.2 Å². The molecule has 0 bridgehead atoms. The summed E-state index contributed by atoms with van der Waals surface area (Å²) in [5, 5.41) is 3.70. The van der Waals surface area contributed by atoms with Crippen molar-refractivity contribution in [2.24, 2.45) is 19.5 Å². The van der Waals surface area contributed by atoms with Crippen molar-refractivity contribution in [2.45, 2.75) is 33.2 Å². The summed E-state index contributed by atoms with van der Waals surface area (Å²) in [7, 11) is 3.31. The summed E-state index contributed by atoms with van der Waals surface area (Å²) in [6.45, 7) is 7.23. The van der Waals surface area contributed by atoms with E-state index < -0.39 is 0 Å². The maximum atomic E-state index is 13.3. The van der Waals surface area contributed by atoms with E-state index in [1.807, 2.05) is 37.3 Å². The van der Waals surface area contributed by atoms with Gasteiger partial charge in [0.2, 0.25) is 0 Å². The summed E-state index contributed by atoms with van der Waals surface area (Å²) in [5.74, 6) is 0.00821. The minimum atomic E-state index is -0.306. The number of aromatic nitrogens is 4. The lowest BCUT2D eigenvalue weighted by molar-refractivity contribution is 0.323. The van der Waals surface area contributed by atoms with Gasteiger partial charge >= 0.3 is 5.69 Å². The van der Waals surface area contributed by atoms with E-state index in [-0.39, 0.29) is 22.6 Å². The van der Waals surface area contributed by atoms with E-state index in [1.54, 1.807) is 30.0 Å². The molecular formula is C23H24N4O2S. The maximum absolute atomic E-state index is 13.3. The lowest BCUT2D eigenvalue weighted by atomic mass is 9.79. The Hall–Kier alpha value is -2.93. The van der Waals surface area contributed by atoms with Crippen LogP contribution < -0.4 is 11.2 Å². The van der Waals surface area contributed by atoms with Crippen molar-refractivity contribution in [2.75, 3.05) is 0 Å². The van der Waals surface area contributed by atoms with Crippen molar-refractivity contribution in [1.29, 1.82) is 0 Å². The van der Waals surface area contributed by atoms with Crippen LogP contribution in [0.3, 0.4) is 0 Å². The summed E-state index contributed by atoms with van der Waals surface area (Å²) in [5.41, 5.74) is 3.95. The van der Waals surface area contributed by atoms with Gasteiger partial charge in [-0.15, -0.1) is 11.3 Å². The molecule has 0 fully saturated rings. The molecule has 5 rings (SSSR count). The molecule has 0 spiro atoms. The molecule has 154 valence electrons. The van der Waals surface area contributed by atoms with Crippen LogP contribution in [0.4, 0.5) is 0 Å². The van der Waals surface area contributed by atoms with Gasteiger partial charge in [0.15, 0.2) is 0 Å². The van der Waals surface area contributed by atoms with Crippen molar-refractivity contribution in [3.63, 3.8) is 0 Å². The van der Waals surface area contributed by atoms with Gasteiger partial charge in [-0.2, -0.15) is 0 Å². The second-order valence-corrected chi connectivity index (χ2v) is 9.75. The molecule has 4 heterocycles. The Morgan fingerprint density at radius 1 is 1.10 bits per heavy atom. The molecule has 0 unspecified atom stereocenters. The van der Waals surface area contributed by atoms with Gasteiger partial charge in [-0.1, -0.05) is 44.2 Å². The third-order valence-electron chi connectivity index (χ3n) is 6.26. The predicted octanol–water partition coefficient (Wildman–Crippen LogP) is 3.64. The zero-order valence-electron chi connectivity index (χ0n) is 17.8. The van der Waals surface area contributed by atoms with E-state index in [9.17, 15) is 9.59 Å². The average molecular weight is 421 g/mol. The van der Waals surface area contributed by atoms with Crippen molar-refractivity contribution >= 4 is 22.2 Å². The Labute approximate surface area is 178 Å². The summed E-state index contributed by atoms with van der Waals surface area (Å²) in [6.07, 6.45) is 0. The number of hydrogen-bond donors (Lipinski definition) is 0. The molecule has 30 heavy (non-hydrogen) atoms. The summed E-state index contributed by atoms with van der Waals surface area (Å²) < 4.78 is 5.09. The first-order chi connectivity index (χ1) is 14.2. The van der Waals surface area contributed by atoms with E-state index in [0.717, 1.165) is 39.7 Å². The fraction of sp³-hybridized carbons (Fsp3) is 0.348. The number of rotatable bonds is 2. The molecule has 0 N–H and O–H groups in total. The second kappa shape index (κ2) is 6.28. The lowest BCUT2D eigenvalue weighted by Gasteiger charge is -2.25. The van der Waals surface area contributed by atoms with Crippen molar-refractivity contribution < 1.29 is 0 Å². The molecular weight excluding hydrogens is 396 g/mol. The highest BCUT2D eigenvalue weighted by molar-refractivity contribution is 7.09. The third kappa shape index (κ3) is 2.45. The molecule has 0 aliphatic carbocycles. The first kappa shape index (κ1) is 19.1. The largest absolute Gasteiger partial charge is 0.341 e. The molecule has 1 atom stereocenters. The number of thiazole rings is 1. The van der Waals surface area contributed by atoms with E-state index in [0.29, 0.717) is 5.39 Å². The van der Waals surface area contributed by atoms with Gasteiger partial charge in [-0.25, -0.2) is 9.78 Å². The van der Waals surface area contributed by atoms with Crippen LogP contribution >= 0.6 is 11.3 Å². The van der Waals surface area contributed by atoms with E-state index in [1.165, 1.54) is 4.57 Å². The Kier molecular flexibility index (Phi) is 3.99. The zero-order valence-corrected chi connectivity index (χ0v) is 18.6. The van der Waals surface area contributed by atoms with Crippen LogP contribution in [0.25, 0.3) is 22.2 Å². The summed E-state index contributed by atoms with van der Waals surface area (Å²) >= 11 is 1.65. The molecule has 7 heteroatoms. The molecule has 6 nitrogen and oxygen atoms in total. The normalized spacial score (nSPS) is 17.6. The monoisotopic (exact) mass is 420 g/mol. The highest BCUT2D eigenvalue weighted by atomic mass is 32.1. The Morgan fingerprint density at radius 3 is 2.43 bits per heavy atom. The van der Waals surface area contributed by atoms with Crippen LogP contribution in [0.2, 0.25) is 0 Å². The molecule has 0 saturated carbocycles. The number of fused-ring (bicyclic) bond motifs is 3. The van der Waals surface area contributed by atoms with Crippen LogP contribution in [0.1, 0.15) is 36.2 Å². The summed E-state index contributed by atoms with van der Waals surface area (Å²) in [6, 6.07) is 9.99. The lowest BCUT2D eigenvalue weighted by Crippen LogP contribution is -2.37. The fourth-order valence-corrected chi connectivity index (χ4v) is 6.03. The number of benzene rings is 1. The van der Waals surface area contributed by atoms with Crippen LogP contribution in [0.15, 0.2) is 45.3 Å². The minimum absolute atomic E-state index is 0.00821. The van der Waals surface area contributed by atoms with Crippen molar-refractivity contribution in [1.82, 2.24) is 18.7 Å². The topological polar surface area (TPSA) is 61.8 Å². The number of nitrogens with zero attached hydrogens (tertiary/aromatic N) is 4. The predicted molar refractivity (Wildman–Crippen MR) is 120 cm³/mol. The fourth-order valence-electron chi connectivity index (χ4n) is 4.92. The van der Waals surface area contributed by atoms with Gasteiger partial charge < -0.3 is 4.57 Å². The van der Waals surface area contributed by atoms with Crippen molar-refractivity contribution in [3.8, 4) is 11.3 Å². The molecule has 4 aromatic rings. The zero-order chi connectivity index (χ0) is 21.4. The van der Waals surface area contributed by atoms with Gasteiger partial charge in [0.25, 0.3) is 5.56 Å². The molecule has 1 aromatic carbocycles. The van der Waals surface area contributed by atoms with E-state index >= 15 is 0 Å². The smallest absolute Gasteiger partial charge is 0.331 e. The van der Waals surface area contributed by atoms with Crippen LogP contribution in [0, 0.1) is 12.3 Å². The standard InChI is InChI=1S/C23H24N4O2S/c1-13-11-30-20(24-13)16-19-18-15(21(28)26(5)22(29)25(18)4)17(14-9-7-6-8-10-14)27(19)12-23(16,2)3/h6-11,16H,12H2,1-5H3/t16-/m0/s1. The highest BCUT2D eigenvalue weighted by Crippen LogP contribution is 2.53. The highest BCUT2D eigenvalue weighted by Gasteiger charge is 2.46. The molecule has 1 aliphatic heterocycles. The number of aryl methyl sites for hydroxylation is 2. The van der Waals surface area contributed by atoms with Crippen LogP contribution in [-0.2, 0) is 20.6 Å². The van der Waals surface area contributed by atoms with Crippen LogP contribution in [-0.4, -0.2) is 18.7 Å². The first-order valence-corrected chi connectivity index (χ1v) is 10.9. The quantitative estimate of drug-likeness (QED) is 0.497. The molecule has 1 aliphatic rings. The average Bonchev–Trinajstić information content (AvgIpc) is 3.34. The van der Waals surface area contributed by atoms with Gasteiger partial charge in [0, 0.05) is 31.7 Å². The second-order valence-electron chi connectivity index (χ2n) is 8.86. The maximum Gasteiger partial charge on any atom is 0.331 e. The van der Waals surface area contributed by atoms with Crippen LogP contribution in [0.5, 0.6) is 0 Å². The minimum Gasteiger partial charge on any atom is -0.341 e. The van der Waals surface area contributed by atoms with Gasteiger partial charge in [-0.3, -0.25) is 13.9 Å². The SMILES string of the molecule is Cc1csc([C@@H]2c3c4c(c(-c5ccccc5)n3CC2(C)C)c(=O)n(C)c(=O)n4C)n1. The molecule has 0 saturated heterocycles. The molecule has 0 amide bonds. The number of hydrogen-bond acceptors (Lipinski definition) is 4. The molecule has 3 aromatic heterocycles. The van der Waals surface area contributed by atoms with E-state index in [4.69, 9.17) is 4.98 Å². The Balaban J connectivity index is 1.99. The van der Waals surface area contributed by atoms with Gasteiger partial charge in [-0.05, 0) is 17.9 Å². The first-order valence-electron chi connectivity index (χ1n) is 10.0. The van der Waals surface area contributed by atoms with Crippen molar-refractivity contribution in [3.05, 3.63) is 72.9 Å².